The maximum Gasteiger partial charge on any atom is 0.305 e. The zero-order valence-electron chi connectivity index (χ0n) is 31.1. The molecule has 0 aliphatic carbocycles. The number of pyridine rings is 1. The van der Waals surface area contributed by atoms with Gasteiger partial charge in [0.05, 0.1) is 12.5 Å². The molecule has 6 rings (SSSR count). The van der Waals surface area contributed by atoms with E-state index in [1.165, 1.54) is 4.31 Å². The van der Waals surface area contributed by atoms with Crippen LogP contribution in [0.2, 0.25) is 0 Å². The van der Waals surface area contributed by atoms with Crippen LogP contribution in [0.3, 0.4) is 0 Å². The second-order valence-electron chi connectivity index (χ2n) is 13.7. The van der Waals surface area contributed by atoms with Crippen molar-refractivity contribution in [3.63, 3.8) is 0 Å². The van der Waals surface area contributed by atoms with Crippen LogP contribution >= 0.6 is 12.8 Å². The Morgan fingerprint density at radius 2 is 1.18 bits per heavy atom. The van der Waals surface area contributed by atoms with Gasteiger partial charge in [0.1, 0.15) is 11.9 Å². The molecule has 0 bridgehead atoms. The highest BCUT2D eigenvalue weighted by Crippen LogP contribution is 2.44. The molecule has 5 aromatic carbocycles. The number of hydrogen-bond acceptors (Lipinski definition) is 6. The molecular formula is C47H46N4O4S. The van der Waals surface area contributed by atoms with E-state index in [0.29, 0.717) is 24.9 Å². The largest absolute Gasteiger partial charge is 0.481 e. The van der Waals surface area contributed by atoms with Gasteiger partial charge in [-0.25, -0.2) is 4.98 Å². The highest BCUT2D eigenvalue weighted by atomic mass is 32.1. The first-order chi connectivity index (χ1) is 27.3. The van der Waals surface area contributed by atoms with E-state index < -0.39 is 29.4 Å². The van der Waals surface area contributed by atoms with Crippen molar-refractivity contribution in [2.45, 2.75) is 49.6 Å². The summed E-state index contributed by atoms with van der Waals surface area (Å²) in [6.45, 7) is 0.635. The van der Waals surface area contributed by atoms with Crippen molar-refractivity contribution < 1.29 is 19.5 Å². The summed E-state index contributed by atoms with van der Waals surface area (Å²) in [7, 11) is 0. The van der Waals surface area contributed by atoms with Gasteiger partial charge in [0.25, 0.3) is 5.91 Å². The first kappa shape index (κ1) is 39.5. The molecule has 284 valence electrons. The van der Waals surface area contributed by atoms with Crippen LogP contribution in [-0.4, -0.2) is 44.8 Å². The van der Waals surface area contributed by atoms with E-state index in [-0.39, 0.29) is 25.2 Å². The first-order valence-corrected chi connectivity index (χ1v) is 19.2. The highest BCUT2D eigenvalue weighted by Gasteiger charge is 2.42. The second-order valence-corrected chi connectivity index (χ2v) is 14.1. The third-order valence-electron chi connectivity index (χ3n) is 10.0. The van der Waals surface area contributed by atoms with Gasteiger partial charge in [0.15, 0.2) is 0 Å². The zero-order chi connectivity index (χ0) is 39.2. The number of carbonyl (C=O) groups excluding carboxylic acids is 2. The zero-order valence-corrected chi connectivity index (χ0v) is 32.0. The molecule has 56 heavy (non-hydrogen) atoms. The van der Waals surface area contributed by atoms with Gasteiger partial charge < -0.3 is 15.7 Å². The number of nitrogens with zero attached hydrogens (tertiary/aromatic N) is 2. The van der Waals surface area contributed by atoms with Crippen molar-refractivity contribution in [2.24, 2.45) is 0 Å². The van der Waals surface area contributed by atoms with E-state index >= 15 is 0 Å². The van der Waals surface area contributed by atoms with Crippen molar-refractivity contribution in [3.05, 3.63) is 192 Å². The van der Waals surface area contributed by atoms with E-state index in [1.807, 2.05) is 164 Å². The van der Waals surface area contributed by atoms with Crippen LogP contribution in [0.25, 0.3) is 11.1 Å². The summed E-state index contributed by atoms with van der Waals surface area (Å²) in [6, 6.07) is 50.9. The number of amides is 2. The number of unbranched alkanes of at least 4 members (excludes halogenated alkanes) is 1. The molecule has 2 amide bonds. The normalized spacial score (nSPS) is 12.2. The average molecular weight is 763 g/mol. The number of hydrogen-bond donors (Lipinski definition) is 4. The SMILES string of the molecule is O=C(O)CC(c1ccc(-c2ccccc2)cc1)N(S)C(=O)[C@H](CC(c1ccccc1)(c1ccccc1)c1ccccc1)NC(=O)CCCCNc1ccccn1. The minimum absolute atomic E-state index is 0.140. The van der Waals surface area contributed by atoms with Crippen LogP contribution in [0.1, 0.15) is 60.4 Å². The lowest BCUT2D eigenvalue weighted by Gasteiger charge is -2.40. The number of aromatic nitrogens is 1. The van der Waals surface area contributed by atoms with Crippen molar-refractivity contribution in [3.8, 4) is 11.1 Å². The van der Waals surface area contributed by atoms with Crippen molar-refractivity contribution in [2.75, 3.05) is 11.9 Å². The Bertz CT molecular complexity index is 2040. The number of carboxylic acids is 1. The van der Waals surface area contributed by atoms with Crippen molar-refractivity contribution in [1.29, 1.82) is 0 Å². The van der Waals surface area contributed by atoms with Crippen LogP contribution in [0.5, 0.6) is 0 Å². The van der Waals surface area contributed by atoms with Crippen molar-refractivity contribution in [1.82, 2.24) is 14.6 Å². The third kappa shape index (κ3) is 9.91. The van der Waals surface area contributed by atoms with Gasteiger partial charge in [-0.05, 0) is 64.8 Å². The number of aliphatic carboxylic acids is 1. The van der Waals surface area contributed by atoms with E-state index in [0.717, 1.165) is 33.6 Å². The lowest BCUT2D eigenvalue weighted by Crippen LogP contribution is -2.51. The summed E-state index contributed by atoms with van der Waals surface area (Å²) in [5, 5.41) is 16.5. The lowest BCUT2D eigenvalue weighted by atomic mass is 9.65. The van der Waals surface area contributed by atoms with Gasteiger partial charge in [-0.15, -0.1) is 0 Å². The minimum atomic E-state index is -1.09. The molecule has 1 aromatic heterocycles. The van der Waals surface area contributed by atoms with Gasteiger partial charge >= 0.3 is 5.97 Å². The van der Waals surface area contributed by atoms with Crippen molar-refractivity contribution >= 4 is 36.4 Å². The summed E-state index contributed by atoms with van der Waals surface area (Å²) in [4.78, 5) is 45.5. The first-order valence-electron chi connectivity index (χ1n) is 18.8. The molecule has 0 saturated carbocycles. The molecule has 0 radical (unpaired) electrons. The molecule has 1 unspecified atom stereocenters. The number of benzene rings is 5. The Morgan fingerprint density at radius 1 is 0.661 bits per heavy atom. The van der Waals surface area contributed by atoms with E-state index in [2.05, 4.69) is 15.6 Å². The second kappa shape index (κ2) is 19.4. The Kier molecular flexibility index (Phi) is 13.7. The average Bonchev–Trinajstić information content (AvgIpc) is 3.25. The summed E-state index contributed by atoms with van der Waals surface area (Å²) in [6.07, 6.45) is 2.95. The summed E-state index contributed by atoms with van der Waals surface area (Å²) >= 11 is 4.76. The predicted molar refractivity (Wildman–Crippen MR) is 225 cm³/mol. The maximum atomic E-state index is 15.0. The molecule has 0 fully saturated rings. The number of carbonyl (C=O) groups is 3. The third-order valence-corrected chi connectivity index (χ3v) is 10.5. The molecule has 0 aliphatic rings. The number of rotatable bonds is 18. The molecular weight excluding hydrogens is 717 g/mol. The molecule has 0 saturated heterocycles. The summed E-state index contributed by atoms with van der Waals surface area (Å²) < 4.78 is 1.19. The fourth-order valence-corrected chi connectivity index (χ4v) is 7.60. The Labute approximate surface area is 334 Å². The monoisotopic (exact) mass is 762 g/mol. The van der Waals surface area contributed by atoms with Gasteiger partial charge in [-0.1, -0.05) is 164 Å². The van der Waals surface area contributed by atoms with Crippen LogP contribution in [0.15, 0.2) is 170 Å². The number of anilines is 1. The smallest absolute Gasteiger partial charge is 0.305 e. The van der Waals surface area contributed by atoms with E-state index in [1.54, 1.807) is 6.20 Å². The van der Waals surface area contributed by atoms with Crippen LogP contribution < -0.4 is 10.6 Å². The lowest BCUT2D eigenvalue weighted by molar-refractivity contribution is -0.140. The molecule has 0 aliphatic heterocycles. The van der Waals surface area contributed by atoms with E-state index in [9.17, 15) is 19.5 Å². The van der Waals surface area contributed by atoms with Crippen LogP contribution in [0.4, 0.5) is 5.82 Å². The predicted octanol–water partition coefficient (Wildman–Crippen LogP) is 9.13. The Balaban J connectivity index is 1.34. The van der Waals surface area contributed by atoms with E-state index in [4.69, 9.17) is 12.8 Å². The van der Waals surface area contributed by atoms with Crippen LogP contribution in [-0.2, 0) is 19.8 Å². The molecule has 0 spiro atoms. The highest BCUT2D eigenvalue weighted by molar-refractivity contribution is 7.78. The summed E-state index contributed by atoms with van der Waals surface area (Å²) in [5.74, 6) is -1.11. The standard InChI is InChI=1S/C47H46N4O4S/c52-44(26-14-16-32-49-43-25-13-15-31-48-43)50-41(34-47(38-19-7-2-8-20-38,39-21-9-3-10-22-39)40-23-11-4-12-24-40)46(55)51(56)42(33-45(53)54)37-29-27-36(28-30-37)35-17-5-1-6-18-35/h1-13,15,17-25,27-31,41-42,56H,14,16,26,32-34H2,(H,48,49)(H,50,52)(H,53,54)/t41-,42?/m0/s1. The molecule has 3 N–H and O–H groups in total. The molecule has 2 atom stereocenters. The maximum absolute atomic E-state index is 15.0. The minimum Gasteiger partial charge on any atom is -0.481 e. The molecule has 1 heterocycles. The molecule has 8 nitrogen and oxygen atoms in total. The Morgan fingerprint density at radius 3 is 1.70 bits per heavy atom. The fourth-order valence-electron chi connectivity index (χ4n) is 7.24. The topological polar surface area (TPSA) is 112 Å². The number of carboxylic acid groups (broad SMARTS) is 1. The van der Waals surface area contributed by atoms with Crippen LogP contribution in [0, 0.1) is 0 Å². The number of thiol groups is 1. The van der Waals surface area contributed by atoms with Gasteiger partial charge in [0, 0.05) is 24.6 Å². The molecule has 6 aromatic rings. The molecule has 9 heteroatoms. The quantitative estimate of drug-likeness (QED) is 0.0395. The van der Waals surface area contributed by atoms with Gasteiger partial charge in [-0.3, -0.25) is 18.7 Å². The summed E-state index contributed by atoms with van der Waals surface area (Å²) in [5.41, 5.74) is 4.51. The van der Waals surface area contributed by atoms with Gasteiger partial charge in [0.2, 0.25) is 5.91 Å². The fraction of sp³-hybridized carbons (Fsp3) is 0.191. The number of nitrogens with one attached hydrogen (secondary N) is 2. The Hall–Kier alpha value is -6.19. The van der Waals surface area contributed by atoms with Gasteiger partial charge in [-0.2, -0.15) is 0 Å².